The van der Waals surface area contributed by atoms with Crippen molar-refractivity contribution in [1.82, 2.24) is 14.7 Å². The van der Waals surface area contributed by atoms with Gasteiger partial charge in [-0.15, -0.1) is 0 Å². The number of hydrogen-bond donors (Lipinski definition) is 0. The van der Waals surface area contributed by atoms with Crippen LogP contribution in [0.25, 0.3) is 0 Å². The quantitative estimate of drug-likeness (QED) is 0.386. The molecule has 0 aromatic heterocycles. The predicted octanol–water partition coefficient (Wildman–Crippen LogP) is 5.59. The van der Waals surface area contributed by atoms with Crippen LogP contribution in [0.3, 0.4) is 0 Å². The number of esters is 1. The number of amides is 1. The zero-order valence-electron chi connectivity index (χ0n) is 25.6. The SMILES string of the molecule is COC(=O)c1ccc(CN2C[C@@H](C)N(Cc3cccc(OCC4CCN(C(=O)OC(C)(C)C)CC4)c3)[C@@H](C)C2)cc1. The van der Waals surface area contributed by atoms with Crippen molar-refractivity contribution in [3.05, 3.63) is 65.2 Å². The molecular weight excluding hydrogens is 518 g/mol. The highest BCUT2D eigenvalue weighted by Crippen LogP contribution is 2.25. The summed E-state index contributed by atoms with van der Waals surface area (Å²) in [5, 5.41) is 0. The van der Waals surface area contributed by atoms with E-state index < -0.39 is 5.60 Å². The molecule has 0 radical (unpaired) electrons. The Morgan fingerprint density at radius 2 is 1.56 bits per heavy atom. The van der Waals surface area contributed by atoms with Gasteiger partial charge in [0.15, 0.2) is 0 Å². The van der Waals surface area contributed by atoms with Crippen LogP contribution in [0, 0.1) is 5.92 Å². The fourth-order valence-corrected chi connectivity index (χ4v) is 5.80. The van der Waals surface area contributed by atoms with Gasteiger partial charge in [0.25, 0.3) is 0 Å². The van der Waals surface area contributed by atoms with Gasteiger partial charge in [-0.2, -0.15) is 0 Å². The zero-order chi connectivity index (χ0) is 29.6. The molecule has 0 N–H and O–H groups in total. The van der Waals surface area contributed by atoms with E-state index in [1.807, 2.05) is 56.0 Å². The maximum Gasteiger partial charge on any atom is 0.410 e. The van der Waals surface area contributed by atoms with Crippen LogP contribution in [0.2, 0.25) is 0 Å². The largest absolute Gasteiger partial charge is 0.493 e. The second-order valence-corrected chi connectivity index (χ2v) is 12.6. The number of hydrogen-bond acceptors (Lipinski definition) is 7. The number of piperazine rings is 1. The fraction of sp³-hybridized carbons (Fsp3) is 0.576. The summed E-state index contributed by atoms with van der Waals surface area (Å²) in [6.07, 6.45) is 1.63. The van der Waals surface area contributed by atoms with Crippen molar-refractivity contribution in [1.29, 1.82) is 0 Å². The van der Waals surface area contributed by atoms with Crippen molar-refractivity contribution < 1.29 is 23.8 Å². The van der Waals surface area contributed by atoms with E-state index in [-0.39, 0.29) is 12.1 Å². The molecule has 2 fully saturated rings. The monoisotopic (exact) mass is 565 g/mol. The molecular formula is C33H47N3O5. The standard InChI is InChI=1S/C33H47N3O5/c1-24-19-34(21-26-10-12-29(13-11-26)31(37)39-6)20-25(2)36(24)22-28-8-7-9-30(18-28)40-23-27-14-16-35(17-15-27)32(38)41-33(3,4)5/h7-13,18,24-25,27H,14-17,19-23H2,1-6H3/t24-,25+. The number of methoxy groups -OCH3 is 1. The van der Waals surface area contributed by atoms with Crippen molar-refractivity contribution in [2.24, 2.45) is 5.92 Å². The Morgan fingerprint density at radius 1 is 0.902 bits per heavy atom. The molecule has 8 nitrogen and oxygen atoms in total. The summed E-state index contributed by atoms with van der Waals surface area (Å²) in [6.45, 7) is 16.1. The molecule has 0 aliphatic carbocycles. The minimum absolute atomic E-state index is 0.219. The van der Waals surface area contributed by atoms with Crippen LogP contribution in [-0.2, 0) is 22.6 Å². The molecule has 2 heterocycles. The van der Waals surface area contributed by atoms with E-state index in [2.05, 4.69) is 41.8 Å². The van der Waals surface area contributed by atoms with Crippen LogP contribution in [0.4, 0.5) is 4.79 Å². The molecule has 2 aliphatic heterocycles. The zero-order valence-corrected chi connectivity index (χ0v) is 25.6. The van der Waals surface area contributed by atoms with E-state index in [9.17, 15) is 9.59 Å². The van der Waals surface area contributed by atoms with Crippen molar-refractivity contribution in [3.8, 4) is 5.75 Å². The number of piperidine rings is 1. The number of nitrogens with zero attached hydrogens (tertiary/aromatic N) is 3. The first-order chi connectivity index (χ1) is 19.5. The van der Waals surface area contributed by atoms with E-state index in [1.165, 1.54) is 18.2 Å². The van der Waals surface area contributed by atoms with E-state index in [4.69, 9.17) is 14.2 Å². The van der Waals surface area contributed by atoms with Crippen LogP contribution in [-0.4, -0.2) is 84.3 Å². The highest BCUT2D eigenvalue weighted by Gasteiger charge is 2.30. The normalized spacial score (nSPS) is 21.0. The van der Waals surface area contributed by atoms with Crippen molar-refractivity contribution in [2.45, 2.75) is 78.2 Å². The van der Waals surface area contributed by atoms with E-state index in [0.717, 1.165) is 44.8 Å². The summed E-state index contributed by atoms with van der Waals surface area (Å²) in [4.78, 5) is 30.9. The molecule has 2 aliphatic rings. The van der Waals surface area contributed by atoms with Crippen LogP contribution >= 0.6 is 0 Å². The predicted molar refractivity (Wildman–Crippen MR) is 160 cm³/mol. The summed E-state index contributed by atoms with van der Waals surface area (Å²) in [5.41, 5.74) is 2.57. The summed E-state index contributed by atoms with van der Waals surface area (Å²) < 4.78 is 16.6. The van der Waals surface area contributed by atoms with Gasteiger partial charge in [0.1, 0.15) is 11.4 Å². The maximum atomic E-state index is 12.3. The summed E-state index contributed by atoms with van der Waals surface area (Å²) >= 11 is 0. The van der Waals surface area contributed by atoms with Gasteiger partial charge in [0, 0.05) is 51.4 Å². The fourth-order valence-electron chi connectivity index (χ4n) is 5.80. The number of carbonyl (C=O) groups excluding carboxylic acids is 2. The number of ether oxygens (including phenoxy) is 3. The molecule has 2 aromatic carbocycles. The molecule has 4 rings (SSSR count). The average molecular weight is 566 g/mol. The lowest BCUT2D eigenvalue weighted by Crippen LogP contribution is -2.55. The topological polar surface area (TPSA) is 71.6 Å². The Balaban J connectivity index is 1.24. The summed E-state index contributed by atoms with van der Waals surface area (Å²) in [5.74, 6) is 1.04. The molecule has 2 saturated heterocycles. The van der Waals surface area contributed by atoms with Crippen molar-refractivity contribution in [3.63, 3.8) is 0 Å². The maximum absolute atomic E-state index is 12.3. The van der Waals surface area contributed by atoms with E-state index in [1.54, 1.807) is 0 Å². The van der Waals surface area contributed by atoms with Crippen molar-refractivity contribution in [2.75, 3.05) is 39.9 Å². The lowest BCUT2D eigenvalue weighted by molar-refractivity contribution is 0.0164. The van der Waals surface area contributed by atoms with Crippen LogP contribution in [0.1, 0.15) is 68.9 Å². The van der Waals surface area contributed by atoms with Gasteiger partial charge in [-0.1, -0.05) is 24.3 Å². The molecule has 8 heteroatoms. The summed E-state index contributed by atoms with van der Waals surface area (Å²) in [7, 11) is 1.41. The molecule has 0 saturated carbocycles. The third-order valence-electron chi connectivity index (χ3n) is 7.97. The lowest BCUT2D eigenvalue weighted by Gasteiger charge is -2.44. The number of rotatable bonds is 8. The Labute approximate surface area is 245 Å². The van der Waals surface area contributed by atoms with Gasteiger partial charge < -0.3 is 19.1 Å². The first-order valence-corrected chi connectivity index (χ1v) is 14.9. The Morgan fingerprint density at radius 3 is 2.17 bits per heavy atom. The van der Waals surface area contributed by atoms with Gasteiger partial charge in [-0.25, -0.2) is 9.59 Å². The number of benzene rings is 2. The van der Waals surface area contributed by atoms with E-state index >= 15 is 0 Å². The molecule has 224 valence electrons. The van der Waals surface area contributed by atoms with Crippen LogP contribution in [0.15, 0.2) is 48.5 Å². The van der Waals surface area contributed by atoms with Crippen LogP contribution < -0.4 is 4.74 Å². The van der Waals surface area contributed by atoms with Gasteiger partial charge in [0.05, 0.1) is 19.3 Å². The molecule has 2 aromatic rings. The third-order valence-corrected chi connectivity index (χ3v) is 7.97. The van der Waals surface area contributed by atoms with Crippen LogP contribution in [0.5, 0.6) is 5.75 Å². The first-order valence-electron chi connectivity index (χ1n) is 14.9. The lowest BCUT2D eigenvalue weighted by atomic mass is 9.98. The van der Waals surface area contributed by atoms with Gasteiger partial charge in [0.2, 0.25) is 0 Å². The smallest absolute Gasteiger partial charge is 0.410 e. The second kappa shape index (κ2) is 13.7. The average Bonchev–Trinajstić information content (AvgIpc) is 2.93. The highest BCUT2D eigenvalue weighted by atomic mass is 16.6. The molecule has 1 amide bonds. The number of likely N-dealkylation sites (tertiary alicyclic amines) is 1. The van der Waals surface area contributed by atoms with Gasteiger partial charge in [-0.3, -0.25) is 9.80 Å². The minimum atomic E-state index is -0.466. The Kier molecular flexibility index (Phi) is 10.3. The van der Waals surface area contributed by atoms with Crippen molar-refractivity contribution >= 4 is 12.1 Å². The number of carbonyl (C=O) groups is 2. The molecule has 0 unspecified atom stereocenters. The Bertz CT molecular complexity index is 1140. The summed E-state index contributed by atoms with van der Waals surface area (Å²) in [6, 6.07) is 17.0. The second-order valence-electron chi connectivity index (χ2n) is 12.6. The first kappa shape index (κ1) is 30.8. The molecule has 0 bridgehead atoms. The van der Waals surface area contributed by atoms with Gasteiger partial charge >= 0.3 is 12.1 Å². The highest BCUT2D eigenvalue weighted by molar-refractivity contribution is 5.89. The van der Waals surface area contributed by atoms with E-state index in [0.29, 0.717) is 43.3 Å². The molecule has 0 spiro atoms. The third kappa shape index (κ3) is 8.94. The minimum Gasteiger partial charge on any atom is -0.493 e. The molecule has 41 heavy (non-hydrogen) atoms. The Hall–Kier alpha value is -3.10. The van der Waals surface area contributed by atoms with Gasteiger partial charge in [-0.05, 0) is 88.8 Å². The molecule has 2 atom stereocenters.